The van der Waals surface area contributed by atoms with E-state index in [4.69, 9.17) is 18.9 Å². The molecule has 0 saturated carbocycles. The first-order valence-corrected chi connectivity index (χ1v) is 7.78. The summed E-state index contributed by atoms with van der Waals surface area (Å²) in [6.45, 7) is 0.552. The van der Waals surface area contributed by atoms with Gasteiger partial charge in [-0.05, 0) is 6.92 Å². The third-order valence-corrected chi connectivity index (χ3v) is 4.49. The first kappa shape index (κ1) is 19.9. The molecule has 24 heavy (non-hydrogen) atoms. The molecule has 142 valence electrons. The summed E-state index contributed by atoms with van der Waals surface area (Å²) >= 11 is 0. The molecule has 2 aliphatic heterocycles. The van der Waals surface area contributed by atoms with Gasteiger partial charge in [0, 0.05) is 7.11 Å². The Morgan fingerprint density at radius 3 is 1.88 bits per heavy atom. The van der Waals surface area contributed by atoms with Gasteiger partial charge in [0.1, 0.15) is 48.8 Å². The first-order valence-electron chi connectivity index (χ1n) is 7.78. The third kappa shape index (κ3) is 3.73. The zero-order valence-electron chi connectivity index (χ0n) is 13.5. The van der Waals surface area contributed by atoms with Gasteiger partial charge >= 0.3 is 0 Å². The second-order valence-electron chi connectivity index (χ2n) is 6.05. The predicted molar refractivity (Wildman–Crippen MR) is 76.9 cm³/mol. The molecule has 0 aromatic rings. The van der Waals surface area contributed by atoms with Crippen LogP contribution < -0.4 is 0 Å². The van der Waals surface area contributed by atoms with Crippen molar-refractivity contribution in [1.29, 1.82) is 0 Å². The smallest absolute Gasteiger partial charge is 0.187 e. The normalized spacial score (nSPS) is 50.0. The van der Waals surface area contributed by atoms with Gasteiger partial charge < -0.3 is 49.6 Å². The van der Waals surface area contributed by atoms with E-state index in [-0.39, 0.29) is 0 Å². The van der Waals surface area contributed by atoms with Crippen LogP contribution in [-0.2, 0) is 18.9 Å². The fraction of sp³-hybridized carbons (Fsp3) is 1.00. The Kier molecular flexibility index (Phi) is 6.90. The summed E-state index contributed by atoms with van der Waals surface area (Å²) in [5, 5.41) is 59.0. The Bertz CT molecular complexity index is 392. The SMILES string of the molecule is CO[C@@H]1C(CO)O[C@@H](O[C@H]2C(O)C(O)[C@H](C)O[C@H]2CO)C(O)[C@H]1O. The Hall–Kier alpha value is -0.400. The molecule has 0 bridgehead atoms. The summed E-state index contributed by atoms with van der Waals surface area (Å²) in [6.07, 6.45) is -11.8. The van der Waals surface area contributed by atoms with Gasteiger partial charge in [0.2, 0.25) is 0 Å². The van der Waals surface area contributed by atoms with Crippen LogP contribution in [0, 0.1) is 0 Å². The van der Waals surface area contributed by atoms with E-state index in [1.807, 2.05) is 0 Å². The van der Waals surface area contributed by atoms with E-state index in [1.165, 1.54) is 14.0 Å². The molecule has 0 spiro atoms. The predicted octanol–water partition coefficient (Wildman–Crippen LogP) is -3.67. The average Bonchev–Trinajstić information content (AvgIpc) is 2.58. The lowest BCUT2D eigenvalue weighted by atomic mass is 9.95. The molecule has 6 N–H and O–H groups in total. The molecule has 10 heteroatoms. The van der Waals surface area contributed by atoms with Crippen LogP contribution in [0.4, 0.5) is 0 Å². The van der Waals surface area contributed by atoms with Gasteiger partial charge in [0.05, 0.1) is 19.3 Å². The molecule has 10 nitrogen and oxygen atoms in total. The molecule has 0 aromatic carbocycles. The van der Waals surface area contributed by atoms with Crippen molar-refractivity contribution < 1.29 is 49.6 Å². The largest absolute Gasteiger partial charge is 0.394 e. The van der Waals surface area contributed by atoms with Crippen LogP contribution in [0.15, 0.2) is 0 Å². The number of rotatable bonds is 5. The van der Waals surface area contributed by atoms with E-state index in [1.54, 1.807) is 0 Å². The molecule has 0 aliphatic carbocycles. The topological polar surface area (TPSA) is 158 Å². The molecule has 10 atom stereocenters. The molecule has 4 unspecified atom stereocenters. The van der Waals surface area contributed by atoms with Crippen LogP contribution >= 0.6 is 0 Å². The molecule has 2 saturated heterocycles. The van der Waals surface area contributed by atoms with E-state index in [0.29, 0.717) is 0 Å². The maximum Gasteiger partial charge on any atom is 0.187 e. The molecular formula is C14H26O10. The van der Waals surface area contributed by atoms with Crippen molar-refractivity contribution in [2.45, 2.75) is 68.1 Å². The molecule has 2 aliphatic rings. The fourth-order valence-electron chi connectivity index (χ4n) is 3.05. The Morgan fingerprint density at radius 1 is 0.792 bits per heavy atom. The standard InChI is InChI=1S/C14H26O10/c1-5-8(17)9(18)13(7(4-16)22-5)24-14-11(20)10(19)12(21-2)6(3-15)23-14/h5-20H,3-4H2,1-2H3/t5-,6?,7-,8?,9?,10+,11?,12+,13+,14-/m0/s1. The number of hydrogen-bond acceptors (Lipinski definition) is 10. The van der Waals surface area contributed by atoms with E-state index >= 15 is 0 Å². The fourth-order valence-corrected chi connectivity index (χ4v) is 3.05. The summed E-state index contributed by atoms with van der Waals surface area (Å²) in [7, 11) is 1.30. The second-order valence-corrected chi connectivity index (χ2v) is 6.05. The van der Waals surface area contributed by atoms with E-state index < -0.39 is 74.4 Å². The molecule has 2 rings (SSSR count). The summed E-state index contributed by atoms with van der Waals surface area (Å²) in [5.41, 5.74) is 0. The van der Waals surface area contributed by atoms with Gasteiger partial charge in [0.15, 0.2) is 6.29 Å². The van der Waals surface area contributed by atoms with Gasteiger partial charge in [-0.2, -0.15) is 0 Å². The van der Waals surface area contributed by atoms with Crippen molar-refractivity contribution in [3.8, 4) is 0 Å². The summed E-state index contributed by atoms with van der Waals surface area (Å²) < 4.78 is 21.2. The molecular weight excluding hydrogens is 328 g/mol. The number of aliphatic hydroxyl groups is 6. The van der Waals surface area contributed by atoms with Crippen molar-refractivity contribution in [2.75, 3.05) is 20.3 Å². The lowest BCUT2D eigenvalue weighted by Crippen LogP contribution is -2.64. The highest BCUT2D eigenvalue weighted by molar-refractivity contribution is 4.95. The van der Waals surface area contributed by atoms with Crippen LogP contribution in [0.1, 0.15) is 6.92 Å². The maximum atomic E-state index is 10.2. The lowest BCUT2D eigenvalue weighted by molar-refractivity contribution is -0.343. The van der Waals surface area contributed by atoms with Gasteiger partial charge in [-0.3, -0.25) is 0 Å². The third-order valence-electron chi connectivity index (χ3n) is 4.49. The van der Waals surface area contributed by atoms with Gasteiger partial charge in [-0.1, -0.05) is 0 Å². The van der Waals surface area contributed by atoms with Gasteiger partial charge in [-0.15, -0.1) is 0 Å². The first-order chi connectivity index (χ1) is 11.3. The molecule has 2 heterocycles. The Balaban J connectivity index is 2.12. The van der Waals surface area contributed by atoms with E-state index in [0.717, 1.165) is 0 Å². The minimum atomic E-state index is -1.53. The van der Waals surface area contributed by atoms with Crippen molar-refractivity contribution >= 4 is 0 Å². The van der Waals surface area contributed by atoms with Crippen LogP contribution in [0.5, 0.6) is 0 Å². The monoisotopic (exact) mass is 354 g/mol. The molecule has 0 radical (unpaired) electrons. The number of aliphatic hydroxyl groups excluding tert-OH is 6. The summed E-state index contributed by atoms with van der Waals surface area (Å²) in [4.78, 5) is 0. The van der Waals surface area contributed by atoms with Crippen molar-refractivity contribution in [3.05, 3.63) is 0 Å². The Labute approximate surface area is 139 Å². The van der Waals surface area contributed by atoms with Crippen molar-refractivity contribution in [1.82, 2.24) is 0 Å². The van der Waals surface area contributed by atoms with Gasteiger partial charge in [-0.25, -0.2) is 0 Å². The van der Waals surface area contributed by atoms with Crippen LogP contribution in [0.25, 0.3) is 0 Å². The number of hydrogen-bond donors (Lipinski definition) is 6. The van der Waals surface area contributed by atoms with Crippen LogP contribution in [0.3, 0.4) is 0 Å². The number of methoxy groups -OCH3 is 1. The molecule has 0 amide bonds. The average molecular weight is 354 g/mol. The Morgan fingerprint density at radius 2 is 1.33 bits per heavy atom. The molecule has 2 fully saturated rings. The summed E-state index contributed by atoms with van der Waals surface area (Å²) in [5.74, 6) is 0. The maximum absolute atomic E-state index is 10.2. The lowest BCUT2D eigenvalue weighted by Gasteiger charge is -2.46. The zero-order chi connectivity index (χ0) is 18.0. The van der Waals surface area contributed by atoms with Crippen LogP contribution in [0.2, 0.25) is 0 Å². The highest BCUT2D eigenvalue weighted by atomic mass is 16.7. The minimum Gasteiger partial charge on any atom is -0.394 e. The minimum absolute atomic E-state index is 0.491. The van der Waals surface area contributed by atoms with E-state index in [2.05, 4.69) is 0 Å². The highest BCUT2D eigenvalue weighted by Crippen LogP contribution is 2.29. The van der Waals surface area contributed by atoms with Crippen molar-refractivity contribution in [3.63, 3.8) is 0 Å². The second kappa shape index (κ2) is 8.32. The van der Waals surface area contributed by atoms with E-state index in [9.17, 15) is 30.6 Å². The quantitative estimate of drug-likeness (QED) is 0.290. The highest BCUT2D eigenvalue weighted by Gasteiger charge is 2.50. The van der Waals surface area contributed by atoms with Gasteiger partial charge in [0.25, 0.3) is 0 Å². The van der Waals surface area contributed by atoms with Crippen LogP contribution in [-0.4, -0.2) is 112 Å². The molecule has 0 aromatic heterocycles. The zero-order valence-corrected chi connectivity index (χ0v) is 13.5. The summed E-state index contributed by atoms with van der Waals surface area (Å²) in [6, 6.07) is 0. The van der Waals surface area contributed by atoms with Crippen molar-refractivity contribution in [2.24, 2.45) is 0 Å². The number of ether oxygens (including phenoxy) is 4.